The molecule has 1 unspecified atom stereocenters. The highest BCUT2D eigenvalue weighted by Gasteiger charge is 2.24. The van der Waals surface area contributed by atoms with Crippen LogP contribution < -0.4 is 10.5 Å². The van der Waals surface area contributed by atoms with E-state index in [1.165, 1.54) is 18.3 Å². The van der Waals surface area contributed by atoms with E-state index in [4.69, 9.17) is 10.5 Å². The topological polar surface area (TPSA) is 108 Å². The Hall–Kier alpha value is -2.96. The third kappa shape index (κ3) is 2.89. The predicted octanol–water partition coefficient (Wildman–Crippen LogP) is 1.60. The van der Waals surface area contributed by atoms with Gasteiger partial charge < -0.3 is 20.6 Å². The van der Waals surface area contributed by atoms with Crippen LogP contribution >= 0.6 is 0 Å². The van der Waals surface area contributed by atoms with E-state index in [1.807, 2.05) is 0 Å². The van der Waals surface area contributed by atoms with Gasteiger partial charge >= 0.3 is 5.82 Å². The van der Waals surface area contributed by atoms with E-state index in [2.05, 4.69) is 4.98 Å². The Labute approximate surface area is 114 Å². The van der Waals surface area contributed by atoms with Gasteiger partial charge in [0.1, 0.15) is 6.20 Å². The van der Waals surface area contributed by atoms with Crippen LogP contribution in [0.25, 0.3) is 0 Å². The molecule has 0 radical (unpaired) electrons. The van der Waals surface area contributed by atoms with E-state index in [-0.39, 0.29) is 5.75 Å². The Morgan fingerprint density at radius 2 is 1.95 bits per heavy atom. The second-order valence-corrected chi connectivity index (χ2v) is 3.89. The van der Waals surface area contributed by atoms with Crippen LogP contribution in [0.3, 0.4) is 0 Å². The Morgan fingerprint density at radius 1 is 1.25 bits per heavy atom. The number of amides is 1. The molecule has 20 heavy (non-hydrogen) atoms. The molecule has 2 rings (SSSR count). The maximum absolute atomic E-state index is 11.5. The zero-order valence-corrected chi connectivity index (χ0v) is 10.3. The number of carbonyl (C=O) groups is 1. The van der Waals surface area contributed by atoms with Crippen LogP contribution in [0.2, 0.25) is 0 Å². The van der Waals surface area contributed by atoms with Crippen molar-refractivity contribution in [2.75, 3.05) is 0 Å². The Bertz CT molecular complexity index is 631. The summed E-state index contributed by atoms with van der Waals surface area (Å²) < 4.78 is 5.38. The molecule has 0 aliphatic carbocycles. The van der Waals surface area contributed by atoms with Crippen LogP contribution in [0.15, 0.2) is 48.7 Å². The normalized spacial score (nSPS) is 11.6. The predicted molar refractivity (Wildman–Crippen MR) is 69.9 cm³/mol. The van der Waals surface area contributed by atoms with Crippen LogP contribution in [0, 0.1) is 10.1 Å². The molecule has 1 heterocycles. The van der Waals surface area contributed by atoms with E-state index in [1.54, 1.807) is 30.3 Å². The summed E-state index contributed by atoms with van der Waals surface area (Å²) in [5.74, 6) is -1.31. The zero-order valence-electron chi connectivity index (χ0n) is 10.3. The van der Waals surface area contributed by atoms with Gasteiger partial charge in [-0.2, -0.15) is 0 Å². The summed E-state index contributed by atoms with van der Waals surface area (Å²) in [5, 5.41) is 10.9. The summed E-state index contributed by atoms with van der Waals surface area (Å²) in [4.78, 5) is 25.3. The molecule has 7 heteroatoms. The quantitative estimate of drug-likeness (QED) is 0.657. The SMILES string of the molecule is NC(=O)C(Oc1cccnc1[N+](=O)[O-])c1ccccc1. The van der Waals surface area contributed by atoms with E-state index in [0.717, 1.165) is 0 Å². The average molecular weight is 273 g/mol. The van der Waals surface area contributed by atoms with Gasteiger partial charge in [-0.3, -0.25) is 4.79 Å². The van der Waals surface area contributed by atoms with Crippen LogP contribution in [-0.4, -0.2) is 15.8 Å². The van der Waals surface area contributed by atoms with Crippen molar-refractivity contribution < 1.29 is 14.5 Å². The number of primary amides is 1. The molecular formula is C13H11N3O4. The minimum atomic E-state index is -1.11. The number of pyridine rings is 1. The second-order valence-electron chi connectivity index (χ2n) is 3.89. The van der Waals surface area contributed by atoms with Gasteiger partial charge in [0.15, 0.2) is 0 Å². The number of aromatic nitrogens is 1. The molecule has 2 aromatic rings. The maximum Gasteiger partial charge on any atom is 0.406 e. The maximum atomic E-state index is 11.5. The smallest absolute Gasteiger partial charge is 0.406 e. The minimum Gasteiger partial charge on any atom is -0.467 e. The molecule has 2 N–H and O–H groups in total. The number of nitro groups is 1. The van der Waals surface area contributed by atoms with Gasteiger partial charge in [0.05, 0.1) is 0 Å². The molecule has 0 saturated heterocycles. The first-order chi connectivity index (χ1) is 9.59. The number of ether oxygens (including phenoxy) is 1. The second kappa shape index (κ2) is 5.79. The van der Waals surface area contributed by atoms with Crippen molar-refractivity contribution in [3.63, 3.8) is 0 Å². The summed E-state index contributed by atoms with van der Waals surface area (Å²) in [6.07, 6.45) is 0.159. The Morgan fingerprint density at radius 3 is 2.55 bits per heavy atom. The lowest BCUT2D eigenvalue weighted by molar-refractivity contribution is -0.390. The molecule has 7 nitrogen and oxygen atoms in total. The summed E-state index contributed by atoms with van der Waals surface area (Å²) >= 11 is 0. The molecule has 1 aromatic carbocycles. The van der Waals surface area contributed by atoms with E-state index in [9.17, 15) is 14.9 Å². The third-order valence-corrected chi connectivity index (χ3v) is 2.53. The number of benzene rings is 1. The molecule has 1 atom stereocenters. The van der Waals surface area contributed by atoms with Gasteiger partial charge in [0.2, 0.25) is 11.9 Å². The molecule has 1 amide bonds. The third-order valence-electron chi connectivity index (χ3n) is 2.53. The zero-order chi connectivity index (χ0) is 14.5. The lowest BCUT2D eigenvalue weighted by Crippen LogP contribution is -2.26. The van der Waals surface area contributed by atoms with Crippen molar-refractivity contribution >= 4 is 11.7 Å². The highest BCUT2D eigenvalue weighted by molar-refractivity contribution is 5.80. The van der Waals surface area contributed by atoms with Gasteiger partial charge in [-0.15, -0.1) is 0 Å². The highest BCUT2D eigenvalue weighted by Crippen LogP contribution is 2.28. The minimum absolute atomic E-state index is 0.106. The average Bonchev–Trinajstić information content (AvgIpc) is 2.45. The van der Waals surface area contributed by atoms with Crippen LogP contribution in [-0.2, 0) is 4.79 Å². The highest BCUT2D eigenvalue weighted by atomic mass is 16.6. The largest absolute Gasteiger partial charge is 0.467 e. The number of rotatable bonds is 5. The lowest BCUT2D eigenvalue weighted by atomic mass is 10.1. The van der Waals surface area contributed by atoms with Crippen LogP contribution in [0.1, 0.15) is 11.7 Å². The first-order valence-electron chi connectivity index (χ1n) is 5.70. The fourth-order valence-corrected chi connectivity index (χ4v) is 1.66. The standard InChI is InChI=1S/C13H11N3O4/c14-12(17)11(9-5-2-1-3-6-9)20-10-7-4-8-15-13(10)16(18)19/h1-8,11H,(H2,14,17). The monoisotopic (exact) mass is 273 g/mol. The van der Waals surface area contributed by atoms with E-state index >= 15 is 0 Å². The van der Waals surface area contributed by atoms with E-state index < -0.39 is 22.8 Å². The molecule has 102 valence electrons. The molecule has 0 aliphatic rings. The number of hydrogen-bond acceptors (Lipinski definition) is 5. The molecule has 0 spiro atoms. The van der Waals surface area contributed by atoms with Gasteiger partial charge in [0, 0.05) is 5.56 Å². The lowest BCUT2D eigenvalue weighted by Gasteiger charge is -2.15. The summed E-state index contributed by atoms with van der Waals surface area (Å²) in [6.45, 7) is 0. The number of hydrogen-bond donors (Lipinski definition) is 1. The molecule has 0 bridgehead atoms. The first kappa shape index (κ1) is 13.5. The van der Waals surface area contributed by atoms with Crippen LogP contribution in [0.5, 0.6) is 5.75 Å². The van der Waals surface area contributed by atoms with Gasteiger partial charge in [0.25, 0.3) is 5.91 Å². The van der Waals surface area contributed by atoms with Crippen molar-refractivity contribution in [2.24, 2.45) is 5.73 Å². The summed E-state index contributed by atoms with van der Waals surface area (Å²) in [5.41, 5.74) is 5.80. The van der Waals surface area contributed by atoms with Crippen molar-refractivity contribution in [1.82, 2.24) is 4.98 Å². The van der Waals surface area contributed by atoms with Crippen LogP contribution in [0.4, 0.5) is 5.82 Å². The van der Waals surface area contributed by atoms with E-state index in [0.29, 0.717) is 5.56 Å². The number of carbonyl (C=O) groups excluding carboxylic acids is 1. The molecule has 0 saturated carbocycles. The van der Waals surface area contributed by atoms with Crippen molar-refractivity contribution in [2.45, 2.75) is 6.10 Å². The fraction of sp³-hybridized carbons (Fsp3) is 0.0769. The Balaban J connectivity index is 2.35. The first-order valence-corrected chi connectivity index (χ1v) is 5.70. The number of nitrogens with two attached hydrogens (primary N) is 1. The van der Waals surface area contributed by atoms with Crippen molar-refractivity contribution in [3.05, 3.63) is 64.3 Å². The molecule has 0 aliphatic heterocycles. The van der Waals surface area contributed by atoms with Crippen molar-refractivity contribution in [1.29, 1.82) is 0 Å². The number of nitrogens with zero attached hydrogens (tertiary/aromatic N) is 2. The summed E-state index contributed by atoms with van der Waals surface area (Å²) in [7, 11) is 0. The van der Waals surface area contributed by atoms with Crippen molar-refractivity contribution in [3.8, 4) is 5.75 Å². The van der Waals surface area contributed by atoms with Gasteiger partial charge in [-0.25, -0.2) is 0 Å². The fourth-order valence-electron chi connectivity index (χ4n) is 1.66. The van der Waals surface area contributed by atoms with Gasteiger partial charge in [-0.1, -0.05) is 30.3 Å². The molecule has 1 aromatic heterocycles. The summed E-state index contributed by atoms with van der Waals surface area (Å²) in [6, 6.07) is 11.3. The molecular weight excluding hydrogens is 262 g/mol. The van der Waals surface area contributed by atoms with Gasteiger partial charge in [-0.05, 0) is 22.0 Å². The molecule has 0 fully saturated rings. The Kier molecular flexibility index (Phi) is 3.90.